The van der Waals surface area contributed by atoms with Crippen LogP contribution in [-0.2, 0) is 0 Å². The Morgan fingerprint density at radius 2 is 2.20 bits per heavy atom. The predicted octanol–water partition coefficient (Wildman–Crippen LogP) is 3.31. The molecule has 0 spiro atoms. The second-order valence-electron chi connectivity index (χ2n) is 4.40. The molecule has 0 bridgehead atoms. The normalized spacial score (nSPS) is 10.9. The van der Waals surface area contributed by atoms with Gasteiger partial charge < -0.3 is 5.32 Å². The van der Waals surface area contributed by atoms with Gasteiger partial charge in [-0.2, -0.15) is 9.61 Å². The largest absolute Gasteiger partial charge is 0.321 e. The third kappa shape index (κ3) is 2.17. The SMILES string of the molecule is Cc1ccc(NC(=O)c2c(C)nc3scnn23)cc1Cl. The van der Waals surface area contributed by atoms with Crippen molar-refractivity contribution < 1.29 is 4.79 Å². The molecule has 3 aromatic rings. The van der Waals surface area contributed by atoms with Gasteiger partial charge in [0.25, 0.3) is 5.91 Å². The van der Waals surface area contributed by atoms with E-state index in [1.165, 1.54) is 11.3 Å². The van der Waals surface area contributed by atoms with Gasteiger partial charge in [-0.1, -0.05) is 29.0 Å². The van der Waals surface area contributed by atoms with Crippen molar-refractivity contribution in [3.8, 4) is 0 Å². The fourth-order valence-electron chi connectivity index (χ4n) is 1.92. The average molecular weight is 307 g/mol. The molecule has 102 valence electrons. The number of hydrogen-bond donors (Lipinski definition) is 1. The third-order valence-corrected chi connectivity index (χ3v) is 4.05. The lowest BCUT2D eigenvalue weighted by Crippen LogP contribution is -2.16. The number of carbonyl (C=O) groups is 1. The second-order valence-corrected chi connectivity index (χ2v) is 5.62. The highest BCUT2D eigenvalue weighted by Gasteiger charge is 2.18. The van der Waals surface area contributed by atoms with Gasteiger partial charge in [-0.25, -0.2) is 4.98 Å². The van der Waals surface area contributed by atoms with Crippen molar-refractivity contribution in [2.45, 2.75) is 13.8 Å². The third-order valence-electron chi connectivity index (χ3n) is 2.96. The number of nitrogens with one attached hydrogen (secondary N) is 1. The number of benzene rings is 1. The standard InChI is InChI=1S/C13H11ClN4OS/c1-7-3-4-9(5-10(7)14)17-12(19)11-8(2)16-13-18(11)15-6-20-13/h3-6H,1-2H3,(H,17,19). The summed E-state index contributed by atoms with van der Waals surface area (Å²) >= 11 is 7.44. The van der Waals surface area contributed by atoms with Crippen LogP contribution in [0.5, 0.6) is 0 Å². The zero-order valence-corrected chi connectivity index (χ0v) is 12.4. The second kappa shape index (κ2) is 4.88. The van der Waals surface area contributed by atoms with Crippen LogP contribution in [0.4, 0.5) is 5.69 Å². The van der Waals surface area contributed by atoms with Gasteiger partial charge in [0.1, 0.15) is 5.51 Å². The van der Waals surface area contributed by atoms with E-state index >= 15 is 0 Å². The lowest BCUT2D eigenvalue weighted by Gasteiger charge is -2.06. The summed E-state index contributed by atoms with van der Waals surface area (Å²) in [4.78, 5) is 17.4. The van der Waals surface area contributed by atoms with E-state index in [9.17, 15) is 4.79 Å². The summed E-state index contributed by atoms with van der Waals surface area (Å²) in [6.45, 7) is 3.70. The summed E-state index contributed by atoms with van der Waals surface area (Å²) in [5.74, 6) is -0.249. The van der Waals surface area contributed by atoms with Crippen molar-refractivity contribution in [2.75, 3.05) is 5.32 Å². The molecule has 1 N–H and O–H groups in total. The number of aryl methyl sites for hydroxylation is 2. The fourth-order valence-corrected chi connectivity index (χ4v) is 2.76. The first-order valence-corrected chi connectivity index (χ1v) is 7.18. The lowest BCUT2D eigenvalue weighted by molar-refractivity contribution is 0.102. The first-order valence-electron chi connectivity index (χ1n) is 5.92. The number of nitrogens with zero attached hydrogens (tertiary/aromatic N) is 3. The van der Waals surface area contributed by atoms with E-state index in [-0.39, 0.29) is 5.91 Å². The van der Waals surface area contributed by atoms with Gasteiger partial charge in [-0.15, -0.1) is 0 Å². The van der Waals surface area contributed by atoms with Crippen LogP contribution >= 0.6 is 22.9 Å². The summed E-state index contributed by atoms with van der Waals surface area (Å²) in [5, 5.41) is 7.55. The van der Waals surface area contributed by atoms with E-state index in [2.05, 4.69) is 15.4 Å². The van der Waals surface area contributed by atoms with E-state index in [0.29, 0.717) is 27.1 Å². The molecular formula is C13H11ClN4OS. The molecule has 20 heavy (non-hydrogen) atoms. The summed E-state index contributed by atoms with van der Waals surface area (Å²) in [7, 11) is 0. The molecular weight excluding hydrogens is 296 g/mol. The van der Waals surface area contributed by atoms with Crippen LogP contribution in [0.1, 0.15) is 21.7 Å². The lowest BCUT2D eigenvalue weighted by atomic mass is 10.2. The maximum Gasteiger partial charge on any atom is 0.276 e. The van der Waals surface area contributed by atoms with Gasteiger partial charge in [0, 0.05) is 10.7 Å². The van der Waals surface area contributed by atoms with E-state index in [1.54, 1.807) is 23.0 Å². The summed E-state index contributed by atoms with van der Waals surface area (Å²) in [6, 6.07) is 5.40. The molecule has 3 rings (SSSR count). The number of aromatic nitrogens is 3. The molecule has 7 heteroatoms. The Morgan fingerprint density at radius 1 is 1.40 bits per heavy atom. The predicted molar refractivity (Wildman–Crippen MR) is 79.7 cm³/mol. The minimum absolute atomic E-state index is 0.249. The number of anilines is 1. The smallest absolute Gasteiger partial charge is 0.276 e. The van der Waals surface area contributed by atoms with E-state index in [1.807, 2.05) is 19.1 Å². The van der Waals surface area contributed by atoms with Crippen LogP contribution in [0.15, 0.2) is 23.7 Å². The molecule has 0 aliphatic carbocycles. The molecule has 0 aliphatic heterocycles. The Bertz CT molecular complexity index is 808. The number of carbonyl (C=O) groups excluding carboxylic acids is 1. The molecule has 2 aromatic heterocycles. The summed E-state index contributed by atoms with van der Waals surface area (Å²) < 4.78 is 1.55. The van der Waals surface area contributed by atoms with Gasteiger partial charge in [0.15, 0.2) is 5.69 Å². The van der Waals surface area contributed by atoms with Gasteiger partial charge in [-0.05, 0) is 31.5 Å². The van der Waals surface area contributed by atoms with Crippen LogP contribution in [-0.4, -0.2) is 20.5 Å². The van der Waals surface area contributed by atoms with Gasteiger partial charge in [-0.3, -0.25) is 4.79 Å². The topological polar surface area (TPSA) is 59.3 Å². The maximum atomic E-state index is 12.4. The van der Waals surface area contributed by atoms with Crippen LogP contribution < -0.4 is 5.32 Å². The van der Waals surface area contributed by atoms with Crippen LogP contribution in [0, 0.1) is 13.8 Å². The van der Waals surface area contributed by atoms with Crippen molar-refractivity contribution in [1.29, 1.82) is 0 Å². The maximum absolute atomic E-state index is 12.4. The Morgan fingerprint density at radius 3 is 2.95 bits per heavy atom. The van der Waals surface area contributed by atoms with Crippen LogP contribution in [0.25, 0.3) is 4.96 Å². The van der Waals surface area contributed by atoms with Gasteiger partial charge in [0.05, 0.1) is 5.69 Å². The number of fused-ring (bicyclic) bond motifs is 1. The minimum atomic E-state index is -0.249. The van der Waals surface area contributed by atoms with E-state index < -0.39 is 0 Å². The van der Waals surface area contributed by atoms with Crippen molar-refractivity contribution in [2.24, 2.45) is 0 Å². The zero-order chi connectivity index (χ0) is 14.3. The number of amides is 1. The van der Waals surface area contributed by atoms with E-state index in [0.717, 1.165) is 5.56 Å². The molecule has 1 amide bonds. The molecule has 0 aliphatic rings. The Kier molecular flexibility index (Phi) is 3.19. The number of hydrogen-bond acceptors (Lipinski definition) is 4. The van der Waals surface area contributed by atoms with E-state index in [4.69, 9.17) is 11.6 Å². The van der Waals surface area contributed by atoms with Crippen molar-refractivity contribution in [3.63, 3.8) is 0 Å². The first-order chi connectivity index (χ1) is 9.56. The number of halogens is 1. The molecule has 0 fully saturated rings. The van der Waals surface area contributed by atoms with Gasteiger partial charge >= 0.3 is 0 Å². The Labute approximate surface area is 124 Å². The molecule has 5 nitrogen and oxygen atoms in total. The van der Waals surface area contributed by atoms with Crippen LogP contribution in [0.2, 0.25) is 5.02 Å². The molecule has 0 unspecified atom stereocenters. The highest BCUT2D eigenvalue weighted by atomic mass is 35.5. The number of imidazole rings is 1. The molecule has 1 aromatic carbocycles. The van der Waals surface area contributed by atoms with Crippen molar-refractivity contribution in [1.82, 2.24) is 14.6 Å². The van der Waals surface area contributed by atoms with Crippen molar-refractivity contribution >= 4 is 39.5 Å². The number of rotatable bonds is 2. The highest BCUT2D eigenvalue weighted by molar-refractivity contribution is 7.14. The average Bonchev–Trinajstić information content (AvgIpc) is 2.93. The Hall–Kier alpha value is -1.92. The molecule has 0 radical (unpaired) electrons. The molecule has 2 heterocycles. The quantitative estimate of drug-likeness (QED) is 0.790. The first kappa shape index (κ1) is 13.1. The molecule has 0 saturated heterocycles. The van der Waals surface area contributed by atoms with Crippen LogP contribution in [0.3, 0.4) is 0 Å². The molecule has 0 atom stereocenters. The van der Waals surface area contributed by atoms with Crippen molar-refractivity contribution in [3.05, 3.63) is 45.7 Å². The monoisotopic (exact) mass is 306 g/mol. The summed E-state index contributed by atoms with van der Waals surface area (Å²) in [5.41, 5.74) is 4.36. The zero-order valence-electron chi connectivity index (χ0n) is 10.8. The molecule has 0 saturated carbocycles. The Balaban J connectivity index is 1.94. The highest BCUT2D eigenvalue weighted by Crippen LogP contribution is 2.21. The fraction of sp³-hybridized carbons (Fsp3) is 0.154. The minimum Gasteiger partial charge on any atom is -0.321 e. The summed E-state index contributed by atoms with van der Waals surface area (Å²) in [6.07, 6.45) is 0. The van der Waals surface area contributed by atoms with Gasteiger partial charge in [0.2, 0.25) is 4.96 Å².